The van der Waals surface area contributed by atoms with Crippen LogP contribution in [0.3, 0.4) is 0 Å². The van der Waals surface area contributed by atoms with Crippen LogP contribution in [0.5, 0.6) is 0 Å². The Labute approximate surface area is 170 Å². The molecule has 0 saturated heterocycles. The Morgan fingerprint density at radius 3 is 2.26 bits per heavy atom. The van der Waals surface area contributed by atoms with Gasteiger partial charge >= 0.3 is 0 Å². The quantitative estimate of drug-likeness (QED) is 0.559. The normalized spacial score (nSPS) is 10.7. The molecule has 1 aromatic heterocycles. The summed E-state index contributed by atoms with van der Waals surface area (Å²) in [5, 5.41) is 12.5. The van der Waals surface area contributed by atoms with E-state index in [1.807, 2.05) is 42.8 Å². The molecule has 27 heavy (non-hydrogen) atoms. The van der Waals surface area contributed by atoms with Crippen LogP contribution >= 0.6 is 23.8 Å². The third kappa shape index (κ3) is 4.87. The van der Waals surface area contributed by atoms with E-state index in [-0.39, 0.29) is 0 Å². The molecule has 0 atom stereocenters. The van der Waals surface area contributed by atoms with Crippen molar-refractivity contribution in [2.24, 2.45) is 0 Å². The van der Waals surface area contributed by atoms with Gasteiger partial charge in [0.2, 0.25) is 0 Å². The number of nitrogens with zero attached hydrogens (tertiary/aromatic N) is 2. The van der Waals surface area contributed by atoms with E-state index in [0.29, 0.717) is 11.7 Å². The third-order valence-electron chi connectivity index (χ3n) is 4.35. The molecule has 2 N–H and O–H groups in total. The second-order valence-electron chi connectivity index (χ2n) is 6.79. The number of aromatic nitrogens is 2. The second kappa shape index (κ2) is 8.11. The number of halogens is 1. The smallest absolute Gasteiger partial charge is 0.175 e. The Bertz CT molecular complexity index is 956. The second-order valence-corrected chi connectivity index (χ2v) is 7.63. The summed E-state index contributed by atoms with van der Waals surface area (Å²) >= 11 is 11.5. The van der Waals surface area contributed by atoms with E-state index in [1.54, 1.807) is 0 Å². The Kier molecular flexibility index (Phi) is 5.82. The summed E-state index contributed by atoms with van der Waals surface area (Å²) in [6, 6.07) is 14.1. The summed E-state index contributed by atoms with van der Waals surface area (Å²) < 4.78 is 1.97. The number of rotatable bonds is 4. The van der Waals surface area contributed by atoms with Crippen molar-refractivity contribution in [1.82, 2.24) is 9.78 Å². The molecule has 3 rings (SSSR count). The SMILES string of the molecule is Cc1cc(C)cc(NC(=S)Nc2c(C)nn(Cc3ccc(Cl)cc3)c2C)c1. The van der Waals surface area contributed by atoms with Gasteiger partial charge in [-0.3, -0.25) is 4.68 Å². The molecule has 3 aromatic rings. The largest absolute Gasteiger partial charge is 0.332 e. The topological polar surface area (TPSA) is 41.9 Å². The predicted octanol–water partition coefficient (Wildman–Crippen LogP) is 5.63. The lowest BCUT2D eigenvalue weighted by Crippen LogP contribution is -2.20. The summed E-state index contributed by atoms with van der Waals surface area (Å²) in [5.74, 6) is 0. The van der Waals surface area contributed by atoms with Crippen LogP contribution < -0.4 is 10.6 Å². The van der Waals surface area contributed by atoms with Crippen LogP contribution in [-0.4, -0.2) is 14.9 Å². The van der Waals surface area contributed by atoms with E-state index in [4.69, 9.17) is 23.8 Å². The molecule has 4 nitrogen and oxygen atoms in total. The molecular weight excluding hydrogens is 376 g/mol. The van der Waals surface area contributed by atoms with Gasteiger partial charge in [-0.25, -0.2) is 0 Å². The van der Waals surface area contributed by atoms with Crippen molar-refractivity contribution in [2.75, 3.05) is 10.6 Å². The lowest BCUT2D eigenvalue weighted by Gasteiger charge is -2.12. The third-order valence-corrected chi connectivity index (χ3v) is 4.80. The number of hydrogen-bond acceptors (Lipinski definition) is 2. The van der Waals surface area contributed by atoms with Gasteiger partial charge in [-0.05, 0) is 80.9 Å². The Hall–Kier alpha value is -2.37. The number of thiocarbonyl (C=S) groups is 1. The Morgan fingerprint density at radius 2 is 1.63 bits per heavy atom. The molecule has 0 aliphatic heterocycles. The highest BCUT2D eigenvalue weighted by molar-refractivity contribution is 7.80. The molecule has 0 aliphatic rings. The summed E-state index contributed by atoms with van der Waals surface area (Å²) in [6.45, 7) is 8.85. The average molecular weight is 399 g/mol. The molecular formula is C21H23ClN4S. The van der Waals surface area contributed by atoms with Crippen molar-refractivity contribution in [3.8, 4) is 0 Å². The molecule has 1 heterocycles. The number of nitrogens with one attached hydrogen (secondary N) is 2. The lowest BCUT2D eigenvalue weighted by molar-refractivity contribution is 0.659. The minimum absolute atomic E-state index is 0.553. The van der Waals surface area contributed by atoms with E-state index in [9.17, 15) is 0 Å². The highest BCUT2D eigenvalue weighted by atomic mass is 35.5. The molecule has 140 valence electrons. The molecule has 0 unspecified atom stereocenters. The summed E-state index contributed by atoms with van der Waals surface area (Å²) in [5.41, 5.74) is 7.40. The van der Waals surface area contributed by atoms with Gasteiger partial charge in [0, 0.05) is 10.7 Å². The molecule has 0 spiro atoms. The number of anilines is 2. The van der Waals surface area contributed by atoms with Gasteiger partial charge in [0.25, 0.3) is 0 Å². The number of aryl methyl sites for hydroxylation is 3. The molecule has 0 fully saturated rings. The van der Waals surface area contributed by atoms with Crippen LogP contribution in [0, 0.1) is 27.7 Å². The maximum absolute atomic E-state index is 5.96. The van der Waals surface area contributed by atoms with Gasteiger partial charge in [-0.2, -0.15) is 5.10 Å². The van der Waals surface area contributed by atoms with Crippen LogP contribution in [-0.2, 0) is 6.54 Å². The van der Waals surface area contributed by atoms with Gasteiger partial charge in [0.05, 0.1) is 23.6 Å². The first-order chi connectivity index (χ1) is 12.8. The van der Waals surface area contributed by atoms with E-state index in [2.05, 4.69) is 47.8 Å². The van der Waals surface area contributed by atoms with Crippen molar-refractivity contribution < 1.29 is 0 Å². The van der Waals surface area contributed by atoms with Crippen LogP contribution in [0.25, 0.3) is 0 Å². The van der Waals surface area contributed by atoms with Gasteiger partial charge < -0.3 is 10.6 Å². The van der Waals surface area contributed by atoms with Crippen molar-refractivity contribution in [1.29, 1.82) is 0 Å². The molecule has 0 aliphatic carbocycles. The van der Waals surface area contributed by atoms with Crippen LogP contribution in [0.4, 0.5) is 11.4 Å². The zero-order valence-electron chi connectivity index (χ0n) is 15.9. The lowest BCUT2D eigenvalue weighted by atomic mass is 10.1. The van der Waals surface area contributed by atoms with Crippen molar-refractivity contribution in [3.63, 3.8) is 0 Å². The number of benzene rings is 2. The zero-order valence-corrected chi connectivity index (χ0v) is 17.5. The van der Waals surface area contributed by atoms with Crippen LogP contribution in [0.15, 0.2) is 42.5 Å². The van der Waals surface area contributed by atoms with E-state index < -0.39 is 0 Å². The fraction of sp³-hybridized carbons (Fsp3) is 0.238. The zero-order chi connectivity index (χ0) is 19.6. The van der Waals surface area contributed by atoms with Crippen LogP contribution in [0.2, 0.25) is 5.02 Å². The Morgan fingerprint density at radius 1 is 1.00 bits per heavy atom. The molecule has 6 heteroatoms. The minimum Gasteiger partial charge on any atom is -0.332 e. The van der Waals surface area contributed by atoms with Gasteiger partial charge in [-0.15, -0.1) is 0 Å². The van der Waals surface area contributed by atoms with E-state index in [0.717, 1.165) is 33.3 Å². The molecule has 0 saturated carbocycles. The Balaban J connectivity index is 1.74. The maximum Gasteiger partial charge on any atom is 0.175 e. The summed E-state index contributed by atoms with van der Waals surface area (Å²) in [6.07, 6.45) is 0. The number of hydrogen-bond donors (Lipinski definition) is 2. The van der Waals surface area contributed by atoms with E-state index >= 15 is 0 Å². The predicted molar refractivity (Wildman–Crippen MR) is 118 cm³/mol. The van der Waals surface area contributed by atoms with Crippen molar-refractivity contribution >= 4 is 40.3 Å². The first-order valence-corrected chi connectivity index (χ1v) is 9.55. The summed E-state index contributed by atoms with van der Waals surface area (Å²) in [7, 11) is 0. The summed E-state index contributed by atoms with van der Waals surface area (Å²) in [4.78, 5) is 0. The molecule has 0 radical (unpaired) electrons. The molecule has 2 aromatic carbocycles. The standard InChI is InChI=1S/C21H23ClN4S/c1-13-9-14(2)11-19(10-13)23-21(27)24-20-15(3)25-26(16(20)4)12-17-5-7-18(22)8-6-17/h5-11H,12H2,1-4H3,(H2,23,24,27). The monoisotopic (exact) mass is 398 g/mol. The fourth-order valence-corrected chi connectivity index (χ4v) is 3.46. The first kappa shape index (κ1) is 19.4. The van der Waals surface area contributed by atoms with Crippen LogP contribution in [0.1, 0.15) is 28.1 Å². The van der Waals surface area contributed by atoms with E-state index in [1.165, 1.54) is 11.1 Å². The van der Waals surface area contributed by atoms with Gasteiger partial charge in [-0.1, -0.05) is 29.8 Å². The first-order valence-electron chi connectivity index (χ1n) is 8.76. The van der Waals surface area contributed by atoms with Crippen molar-refractivity contribution in [3.05, 3.63) is 75.6 Å². The molecule has 0 bridgehead atoms. The van der Waals surface area contributed by atoms with Gasteiger partial charge in [0.15, 0.2) is 5.11 Å². The highest BCUT2D eigenvalue weighted by Crippen LogP contribution is 2.22. The maximum atomic E-state index is 5.96. The fourth-order valence-electron chi connectivity index (χ4n) is 3.12. The average Bonchev–Trinajstić information content (AvgIpc) is 2.83. The molecule has 0 amide bonds. The van der Waals surface area contributed by atoms with Crippen molar-refractivity contribution in [2.45, 2.75) is 34.2 Å². The highest BCUT2D eigenvalue weighted by Gasteiger charge is 2.13. The van der Waals surface area contributed by atoms with Gasteiger partial charge in [0.1, 0.15) is 0 Å². The minimum atomic E-state index is 0.553.